The van der Waals surface area contributed by atoms with E-state index in [0.29, 0.717) is 43.3 Å². The van der Waals surface area contributed by atoms with Gasteiger partial charge in [0.15, 0.2) is 0 Å². The number of hydrogen-bond donors (Lipinski definition) is 0. The molecule has 0 unspecified atom stereocenters. The van der Waals surface area contributed by atoms with Crippen LogP contribution in [0.3, 0.4) is 0 Å². The van der Waals surface area contributed by atoms with Gasteiger partial charge in [0.2, 0.25) is 0 Å². The van der Waals surface area contributed by atoms with E-state index in [1.54, 1.807) is 22.0 Å². The van der Waals surface area contributed by atoms with Crippen LogP contribution in [0.15, 0.2) is 48.9 Å². The number of aromatic nitrogens is 5. The highest BCUT2D eigenvalue weighted by Crippen LogP contribution is 2.50. The van der Waals surface area contributed by atoms with Crippen LogP contribution in [0, 0.1) is 11.3 Å². The summed E-state index contributed by atoms with van der Waals surface area (Å²) in [5, 5.41) is 13.2. The summed E-state index contributed by atoms with van der Waals surface area (Å²) in [7, 11) is 1.94. The smallest absolute Gasteiger partial charge is 0.417 e. The van der Waals surface area contributed by atoms with Gasteiger partial charge in [0.25, 0.3) is 0 Å². The number of anilines is 1. The van der Waals surface area contributed by atoms with Crippen LogP contribution >= 0.6 is 0 Å². The first-order valence-corrected chi connectivity index (χ1v) is 16.4. The van der Waals surface area contributed by atoms with Gasteiger partial charge in [-0.3, -0.25) is 0 Å². The second kappa shape index (κ2) is 11.0. The van der Waals surface area contributed by atoms with Crippen LogP contribution in [0.5, 0.6) is 0 Å². The first kappa shape index (κ1) is 31.5. The van der Waals surface area contributed by atoms with Crippen LogP contribution in [0.1, 0.15) is 70.3 Å². The van der Waals surface area contributed by atoms with Crippen LogP contribution in [0.4, 0.5) is 23.7 Å². The van der Waals surface area contributed by atoms with Crippen molar-refractivity contribution >= 4 is 22.7 Å². The molecule has 4 aromatic rings. The molecule has 0 atom stereocenters. The van der Waals surface area contributed by atoms with E-state index in [9.17, 15) is 18.0 Å². The molecule has 1 saturated carbocycles. The zero-order valence-electron chi connectivity index (χ0n) is 27.6. The number of halogens is 3. The molecule has 1 spiro atoms. The number of alkyl halides is 3. The van der Waals surface area contributed by atoms with Crippen LogP contribution in [0.25, 0.3) is 16.6 Å². The van der Waals surface area contributed by atoms with Crippen molar-refractivity contribution in [3.8, 4) is 5.69 Å². The molecule has 47 heavy (non-hydrogen) atoms. The van der Waals surface area contributed by atoms with Gasteiger partial charge in [0.05, 0.1) is 16.8 Å². The molecule has 2 aromatic carbocycles. The summed E-state index contributed by atoms with van der Waals surface area (Å²) in [4.78, 5) is 16.3. The molecule has 250 valence electrons. The van der Waals surface area contributed by atoms with Gasteiger partial charge in [-0.1, -0.05) is 19.1 Å². The van der Waals surface area contributed by atoms with Crippen molar-refractivity contribution in [2.75, 3.05) is 31.1 Å². The van der Waals surface area contributed by atoms with Crippen LogP contribution in [-0.2, 0) is 29.8 Å². The second-order valence-corrected chi connectivity index (χ2v) is 15.2. The number of carbonyl (C=O) groups excluding carboxylic acids is 1. The fourth-order valence-electron chi connectivity index (χ4n) is 7.91. The molecule has 3 fully saturated rings. The van der Waals surface area contributed by atoms with E-state index in [0.717, 1.165) is 49.2 Å². The van der Waals surface area contributed by atoms with Gasteiger partial charge >= 0.3 is 12.3 Å². The van der Waals surface area contributed by atoms with Crippen LogP contribution < -0.4 is 4.90 Å². The van der Waals surface area contributed by atoms with Crippen LogP contribution in [-0.4, -0.2) is 67.3 Å². The molecule has 2 saturated heterocycles. The average Bonchev–Trinajstić information content (AvgIpc) is 3.58. The van der Waals surface area contributed by atoms with Gasteiger partial charge in [0.1, 0.15) is 17.8 Å². The number of ether oxygens (including phenoxy) is 1. The summed E-state index contributed by atoms with van der Waals surface area (Å²) < 4.78 is 52.5. The zero-order valence-corrected chi connectivity index (χ0v) is 27.6. The first-order chi connectivity index (χ1) is 22.1. The number of likely N-dealkylation sites (tertiary alicyclic amines) is 1. The van der Waals surface area contributed by atoms with E-state index in [1.807, 2.05) is 49.4 Å². The molecule has 7 rings (SSSR count). The minimum atomic E-state index is -4.53. The molecule has 0 radical (unpaired) electrons. The molecule has 4 heterocycles. The van der Waals surface area contributed by atoms with Gasteiger partial charge < -0.3 is 19.1 Å². The van der Waals surface area contributed by atoms with E-state index in [4.69, 9.17) is 9.84 Å². The van der Waals surface area contributed by atoms with Crippen molar-refractivity contribution in [3.05, 3.63) is 65.9 Å². The van der Waals surface area contributed by atoms with Crippen LogP contribution in [0.2, 0.25) is 0 Å². The van der Waals surface area contributed by atoms with E-state index >= 15 is 0 Å². The van der Waals surface area contributed by atoms with Crippen molar-refractivity contribution < 1.29 is 22.7 Å². The summed E-state index contributed by atoms with van der Waals surface area (Å²) >= 11 is 0. The number of benzene rings is 2. The number of fused-ring (bicyclic) bond motifs is 1. The maximum atomic E-state index is 14.5. The molecule has 12 heteroatoms. The van der Waals surface area contributed by atoms with Crippen molar-refractivity contribution in [1.82, 2.24) is 29.4 Å². The molecular weight excluding hydrogens is 607 g/mol. The number of aryl methyl sites for hydroxylation is 1. The lowest BCUT2D eigenvalue weighted by Crippen LogP contribution is -2.61. The highest BCUT2D eigenvalue weighted by atomic mass is 19.4. The fourth-order valence-corrected chi connectivity index (χ4v) is 7.91. The highest BCUT2D eigenvalue weighted by molar-refractivity contribution is 5.87. The minimum absolute atomic E-state index is 0.0222. The monoisotopic (exact) mass is 649 g/mol. The Kier molecular flexibility index (Phi) is 7.36. The van der Waals surface area contributed by atoms with E-state index < -0.39 is 17.3 Å². The Morgan fingerprint density at radius 2 is 1.77 bits per heavy atom. The van der Waals surface area contributed by atoms with E-state index in [2.05, 4.69) is 29.3 Å². The van der Waals surface area contributed by atoms with Gasteiger partial charge in [-0.05, 0) is 82.2 Å². The molecule has 3 aliphatic rings. The number of carbonyl (C=O) groups is 1. The maximum Gasteiger partial charge on any atom is 0.417 e. The molecule has 2 aromatic heterocycles. The number of amides is 1. The quantitative estimate of drug-likeness (QED) is 0.234. The predicted molar refractivity (Wildman–Crippen MR) is 173 cm³/mol. The normalized spacial score (nSPS) is 22.8. The lowest BCUT2D eigenvalue weighted by molar-refractivity contribution is -0.136. The second-order valence-electron chi connectivity index (χ2n) is 15.2. The van der Waals surface area contributed by atoms with E-state index in [-0.39, 0.29) is 22.3 Å². The molecule has 0 N–H and O–H groups in total. The van der Waals surface area contributed by atoms with Gasteiger partial charge in [-0.25, -0.2) is 9.48 Å². The lowest BCUT2D eigenvalue weighted by atomic mass is 9.57. The number of hydrogen-bond acceptors (Lipinski definition) is 6. The third-order valence-corrected chi connectivity index (χ3v) is 10.3. The summed E-state index contributed by atoms with van der Waals surface area (Å²) in [6.07, 6.45) is 2.70. The molecular formula is C35H42F3N7O2. The third-order valence-electron chi connectivity index (χ3n) is 10.3. The van der Waals surface area contributed by atoms with Gasteiger partial charge in [0, 0.05) is 67.7 Å². The fraction of sp³-hybridized carbons (Fsp3) is 0.543. The Morgan fingerprint density at radius 1 is 1.04 bits per heavy atom. The first-order valence-electron chi connectivity index (χ1n) is 16.4. The molecule has 0 bridgehead atoms. The van der Waals surface area contributed by atoms with Gasteiger partial charge in [-0.15, -0.1) is 10.2 Å². The molecule has 1 amide bonds. The summed E-state index contributed by atoms with van der Waals surface area (Å²) in [5.74, 6) is 1.49. The Hall–Kier alpha value is -4.09. The topological polar surface area (TPSA) is 81.3 Å². The maximum absolute atomic E-state index is 14.5. The summed E-state index contributed by atoms with van der Waals surface area (Å²) in [5.41, 5.74) is 1.33. The largest absolute Gasteiger partial charge is 0.444 e. The molecule has 2 aliphatic heterocycles. The summed E-state index contributed by atoms with van der Waals surface area (Å²) in [6.45, 7) is 10.2. The Balaban J connectivity index is 1.13. The average molecular weight is 650 g/mol. The molecule has 9 nitrogen and oxygen atoms in total. The van der Waals surface area contributed by atoms with Crippen molar-refractivity contribution in [2.24, 2.45) is 18.4 Å². The van der Waals surface area contributed by atoms with Crippen molar-refractivity contribution in [1.29, 1.82) is 0 Å². The number of nitrogens with zero attached hydrogens (tertiary/aromatic N) is 7. The molecule has 1 aliphatic carbocycles. The predicted octanol–water partition coefficient (Wildman–Crippen LogP) is 6.92. The minimum Gasteiger partial charge on any atom is -0.444 e. The Morgan fingerprint density at radius 3 is 2.38 bits per heavy atom. The zero-order chi connectivity index (χ0) is 33.4. The van der Waals surface area contributed by atoms with Crippen molar-refractivity contribution in [3.63, 3.8) is 0 Å². The van der Waals surface area contributed by atoms with Gasteiger partial charge in [-0.2, -0.15) is 18.3 Å². The highest BCUT2D eigenvalue weighted by Gasteiger charge is 2.47. The third kappa shape index (κ3) is 5.95. The Labute approximate surface area is 272 Å². The number of piperidine rings is 1. The van der Waals surface area contributed by atoms with E-state index in [1.165, 1.54) is 12.3 Å². The lowest BCUT2D eigenvalue weighted by Gasteiger charge is -2.55. The standard InChI is InChI=1S/C35H42F3N7O2/c1-23-16-34(17-23,18-30-40-39-22-42(30)5)24-7-6-8-25(13-24)45-19-27-28(35(36,37)38)14-26(15-29(27)41-45)44-20-33(21-44)9-11-43(12-10-33)31(46)47-32(2,3)4/h6-8,13-15,19,22-23H,9-12,16-18,20-21H2,1-5H3. The van der Waals surface area contributed by atoms with Crippen molar-refractivity contribution in [2.45, 2.75) is 77.0 Å². The summed E-state index contributed by atoms with van der Waals surface area (Å²) in [6, 6.07) is 11.1. The Bertz CT molecular complexity index is 1800. The SMILES string of the molecule is CC1CC(Cc2nncn2C)(c2cccc(-n3cc4c(C(F)(F)F)cc(N5CC6(CCN(C(=O)OC(C)(C)C)CC6)C5)cc4n3)c2)C1. The number of rotatable bonds is 5.